The number of rotatable bonds is 4. The Hall–Kier alpha value is -2.77. The number of H-pyrrole nitrogens is 1. The molecule has 130 valence electrons. The molecule has 7 nitrogen and oxygen atoms in total. The molecule has 0 unspecified atom stereocenters. The first-order chi connectivity index (χ1) is 11.9. The second kappa shape index (κ2) is 6.62. The van der Waals surface area contributed by atoms with E-state index in [1.54, 1.807) is 32.3 Å². The van der Waals surface area contributed by atoms with Crippen LogP contribution in [-0.2, 0) is 6.61 Å². The van der Waals surface area contributed by atoms with Crippen molar-refractivity contribution in [2.24, 2.45) is 0 Å². The fourth-order valence-corrected chi connectivity index (χ4v) is 2.63. The second-order valence-electron chi connectivity index (χ2n) is 5.65. The van der Waals surface area contributed by atoms with Crippen molar-refractivity contribution >= 4 is 40.0 Å². The average molecular weight is 362 g/mol. The molecule has 0 spiro atoms. The van der Waals surface area contributed by atoms with Crippen molar-refractivity contribution in [3.05, 3.63) is 52.6 Å². The number of nitrogens with zero attached hydrogens (tertiary/aromatic N) is 1. The summed E-state index contributed by atoms with van der Waals surface area (Å²) in [5.41, 5.74) is 1.45. The third kappa shape index (κ3) is 3.11. The third-order valence-corrected chi connectivity index (χ3v) is 3.98. The molecule has 1 aromatic carbocycles. The quantitative estimate of drug-likeness (QED) is 0.621. The van der Waals surface area contributed by atoms with E-state index in [1.165, 1.54) is 17.2 Å². The Labute approximate surface area is 148 Å². The molecule has 25 heavy (non-hydrogen) atoms. The standard InChI is InChI=1S/C17H16ClN3O4/c1-21(2)17(24)20-13-11-4-3-10(18)7-12(11)19-14(13)15(23)16-9(8-22)5-6-25-16/h3-7,19,22H,8H2,1-2H3,(H,20,24). The summed E-state index contributed by atoms with van der Waals surface area (Å²) in [6.45, 7) is -0.330. The maximum absolute atomic E-state index is 12.9. The van der Waals surface area contributed by atoms with Crippen LogP contribution in [-0.4, -0.2) is 40.9 Å². The molecule has 3 N–H and O–H groups in total. The van der Waals surface area contributed by atoms with Crippen LogP contribution >= 0.6 is 11.6 Å². The van der Waals surface area contributed by atoms with E-state index >= 15 is 0 Å². The highest BCUT2D eigenvalue weighted by Gasteiger charge is 2.25. The number of aliphatic hydroxyl groups is 1. The number of fused-ring (bicyclic) bond motifs is 1. The Bertz CT molecular complexity index is 958. The normalized spacial score (nSPS) is 10.9. The van der Waals surface area contributed by atoms with Gasteiger partial charge in [-0.05, 0) is 24.3 Å². The van der Waals surface area contributed by atoms with Gasteiger partial charge >= 0.3 is 6.03 Å². The van der Waals surface area contributed by atoms with Crippen LogP contribution in [0.4, 0.5) is 10.5 Å². The smallest absolute Gasteiger partial charge is 0.321 e. The highest BCUT2D eigenvalue weighted by atomic mass is 35.5. The van der Waals surface area contributed by atoms with Crippen LogP contribution in [0.3, 0.4) is 0 Å². The maximum atomic E-state index is 12.9. The Balaban J connectivity index is 2.16. The number of aromatic nitrogens is 1. The highest BCUT2D eigenvalue weighted by Crippen LogP contribution is 2.32. The summed E-state index contributed by atoms with van der Waals surface area (Å²) in [5.74, 6) is -0.462. The van der Waals surface area contributed by atoms with Crippen molar-refractivity contribution in [1.29, 1.82) is 0 Å². The predicted molar refractivity (Wildman–Crippen MR) is 94.1 cm³/mol. The van der Waals surface area contributed by atoms with Crippen LogP contribution in [0.1, 0.15) is 21.8 Å². The number of anilines is 1. The molecular weight excluding hydrogens is 346 g/mol. The van der Waals surface area contributed by atoms with Crippen LogP contribution in [0, 0.1) is 0 Å². The first-order valence-corrected chi connectivity index (χ1v) is 7.81. The molecule has 0 bridgehead atoms. The van der Waals surface area contributed by atoms with Crippen molar-refractivity contribution in [3.8, 4) is 0 Å². The molecule has 3 aromatic rings. The van der Waals surface area contributed by atoms with Crippen LogP contribution < -0.4 is 5.32 Å². The highest BCUT2D eigenvalue weighted by molar-refractivity contribution is 6.31. The second-order valence-corrected chi connectivity index (χ2v) is 6.09. The third-order valence-electron chi connectivity index (χ3n) is 3.75. The summed E-state index contributed by atoms with van der Waals surface area (Å²) < 4.78 is 5.22. The minimum absolute atomic E-state index is 0.0144. The largest absolute Gasteiger partial charge is 0.460 e. The van der Waals surface area contributed by atoms with Gasteiger partial charge in [-0.25, -0.2) is 4.79 Å². The van der Waals surface area contributed by atoms with Crippen molar-refractivity contribution in [1.82, 2.24) is 9.88 Å². The van der Waals surface area contributed by atoms with E-state index in [0.29, 0.717) is 27.2 Å². The minimum atomic E-state index is -0.476. The van der Waals surface area contributed by atoms with Gasteiger partial charge in [0.2, 0.25) is 5.78 Å². The van der Waals surface area contributed by atoms with Crippen molar-refractivity contribution < 1.29 is 19.1 Å². The van der Waals surface area contributed by atoms with Gasteiger partial charge in [-0.2, -0.15) is 0 Å². The number of benzene rings is 1. The molecule has 0 saturated carbocycles. The van der Waals surface area contributed by atoms with E-state index in [9.17, 15) is 14.7 Å². The van der Waals surface area contributed by atoms with Gasteiger partial charge in [-0.3, -0.25) is 4.79 Å². The molecule has 0 saturated heterocycles. The first kappa shape index (κ1) is 17.1. The predicted octanol–water partition coefficient (Wildman–Crippen LogP) is 3.23. The van der Waals surface area contributed by atoms with Crippen LogP contribution in [0.2, 0.25) is 5.02 Å². The molecule has 0 radical (unpaired) electrons. The summed E-state index contributed by atoms with van der Waals surface area (Å²) in [7, 11) is 3.19. The Kier molecular flexibility index (Phi) is 4.52. The number of nitrogens with one attached hydrogen (secondary N) is 2. The monoisotopic (exact) mass is 361 g/mol. The van der Waals surface area contributed by atoms with Gasteiger partial charge in [0, 0.05) is 35.6 Å². The van der Waals surface area contributed by atoms with E-state index in [1.807, 2.05) is 0 Å². The fourth-order valence-electron chi connectivity index (χ4n) is 2.46. The number of hydrogen-bond acceptors (Lipinski definition) is 4. The van der Waals surface area contributed by atoms with E-state index in [4.69, 9.17) is 16.0 Å². The minimum Gasteiger partial charge on any atom is -0.460 e. The van der Waals surface area contributed by atoms with Crippen molar-refractivity contribution in [2.75, 3.05) is 19.4 Å². The van der Waals surface area contributed by atoms with Crippen LogP contribution in [0.25, 0.3) is 10.9 Å². The van der Waals surface area contributed by atoms with E-state index in [-0.39, 0.29) is 24.1 Å². The number of aliphatic hydroxyl groups excluding tert-OH is 1. The molecule has 2 aromatic heterocycles. The zero-order valence-corrected chi connectivity index (χ0v) is 14.3. The topological polar surface area (TPSA) is 98.6 Å². The van der Waals surface area contributed by atoms with E-state index < -0.39 is 5.78 Å². The van der Waals surface area contributed by atoms with Crippen molar-refractivity contribution in [3.63, 3.8) is 0 Å². The number of halogens is 1. The molecule has 0 aliphatic carbocycles. The number of aromatic amines is 1. The summed E-state index contributed by atoms with van der Waals surface area (Å²) >= 11 is 6.01. The van der Waals surface area contributed by atoms with Gasteiger partial charge in [0.05, 0.1) is 18.6 Å². The first-order valence-electron chi connectivity index (χ1n) is 7.43. The lowest BCUT2D eigenvalue weighted by Crippen LogP contribution is -2.28. The molecular formula is C17H16ClN3O4. The number of hydrogen-bond donors (Lipinski definition) is 3. The lowest BCUT2D eigenvalue weighted by molar-refractivity contribution is 0.100. The van der Waals surface area contributed by atoms with Gasteiger partial charge in [0.15, 0.2) is 5.76 Å². The Morgan fingerprint density at radius 3 is 2.76 bits per heavy atom. The van der Waals surface area contributed by atoms with Gasteiger partial charge in [-0.1, -0.05) is 11.6 Å². The van der Waals surface area contributed by atoms with Crippen molar-refractivity contribution in [2.45, 2.75) is 6.61 Å². The molecule has 2 heterocycles. The maximum Gasteiger partial charge on any atom is 0.321 e. The number of urea groups is 1. The molecule has 0 aliphatic rings. The van der Waals surface area contributed by atoms with E-state index in [0.717, 1.165) is 0 Å². The number of furan rings is 1. The molecule has 8 heteroatoms. The van der Waals surface area contributed by atoms with Gasteiger partial charge in [0.1, 0.15) is 5.69 Å². The molecule has 3 rings (SSSR count). The van der Waals surface area contributed by atoms with Gasteiger partial charge < -0.3 is 24.7 Å². The Morgan fingerprint density at radius 1 is 1.32 bits per heavy atom. The molecule has 0 atom stereocenters. The van der Waals surface area contributed by atoms with Gasteiger partial charge in [0.25, 0.3) is 0 Å². The fraction of sp³-hybridized carbons (Fsp3) is 0.176. The molecule has 0 fully saturated rings. The number of carbonyl (C=O) groups is 2. The molecule has 2 amide bonds. The Morgan fingerprint density at radius 2 is 2.08 bits per heavy atom. The summed E-state index contributed by atoms with van der Waals surface area (Å²) in [6, 6.07) is 6.18. The molecule has 0 aliphatic heterocycles. The van der Waals surface area contributed by atoms with Crippen LogP contribution in [0.5, 0.6) is 0 Å². The zero-order chi connectivity index (χ0) is 18.1. The average Bonchev–Trinajstić information content (AvgIpc) is 3.18. The number of amides is 2. The number of carbonyl (C=O) groups excluding carboxylic acids is 2. The van der Waals surface area contributed by atoms with Crippen LogP contribution in [0.15, 0.2) is 34.9 Å². The summed E-state index contributed by atoms with van der Waals surface area (Å²) in [4.78, 5) is 29.3. The van der Waals surface area contributed by atoms with E-state index in [2.05, 4.69) is 10.3 Å². The lowest BCUT2D eigenvalue weighted by atomic mass is 10.1. The summed E-state index contributed by atoms with van der Waals surface area (Å²) in [6.07, 6.45) is 1.33. The SMILES string of the molecule is CN(C)C(=O)Nc1c(C(=O)c2occc2CO)[nH]c2cc(Cl)ccc12. The lowest BCUT2D eigenvalue weighted by Gasteiger charge is -2.12. The van der Waals surface area contributed by atoms with Gasteiger partial charge in [-0.15, -0.1) is 0 Å². The number of ketones is 1. The zero-order valence-electron chi connectivity index (χ0n) is 13.6. The summed E-state index contributed by atoms with van der Waals surface area (Å²) in [5, 5.41) is 13.2.